The summed E-state index contributed by atoms with van der Waals surface area (Å²) in [5, 5.41) is 4.58. The van der Waals surface area contributed by atoms with Crippen molar-refractivity contribution >= 4 is 34.2 Å². The van der Waals surface area contributed by atoms with Crippen LogP contribution in [-0.2, 0) is 24.1 Å². The van der Waals surface area contributed by atoms with Crippen molar-refractivity contribution in [2.75, 3.05) is 5.32 Å². The number of aryl methyl sites for hydroxylation is 3. The summed E-state index contributed by atoms with van der Waals surface area (Å²) in [6, 6.07) is 9.63. The van der Waals surface area contributed by atoms with Gasteiger partial charge in [-0.25, -0.2) is 4.79 Å². The van der Waals surface area contributed by atoms with Gasteiger partial charge in [-0.2, -0.15) is 0 Å². The summed E-state index contributed by atoms with van der Waals surface area (Å²) in [5.74, 6) is -0.139. The van der Waals surface area contributed by atoms with Crippen LogP contribution in [0.5, 0.6) is 0 Å². The molecule has 0 saturated carbocycles. The number of hydrogen-bond acceptors (Lipinski definition) is 3. The second kappa shape index (κ2) is 8.83. The minimum atomic E-state index is -0.375. The van der Waals surface area contributed by atoms with Gasteiger partial charge in [0.2, 0.25) is 5.91 Å². The number of carbonyl (C=O) groups is 1. The molecule has 0 aliphatic carbocycles. The zero-order chi connectivity index (χ0) is 21.1. The molecule has 0 atom stereocenters. The summed E-state index contributed by atoms with van der Waals surface area (Å²) in [6.45, 7) is 7.92. The number of benzene rings is 2. The summed E-state index contributed by atoms with van der Waals surface area (Å²) in [6.07, 6.45) is 2.05. The zero-order valence-electron chi connectivity index (χ0n) is 17.3. The van der Waals surface area contributed by atoms with Gasteiger partial charge in [0.05, 0.1) is 0 Å². The normalized spacial score (nSPS) is 11.1. The fraction of sp³-hybridized carbons (Fsp3) is 0.333. The maximum absolute atomic E-state index is 12.7. The highest BCUT2D eigenvalue weighted by Gasteiger charge is 2.16. The first-order chi connectivity index (χ1) is 13.8. The molecule has 3 aromatic rings. The quantitative estimate of drug-likeness (QED) is 0.524. The van der Waals surface area contributed by atoms with Gasteiger partial charge in [-0.3, -0.25) is 4.79 Å². The van der Waals surface area contributed by atoms with E-state index in [0.29, 0.717) is 22.6 Å². The second-order valence-electron chi connectivity index (χ2n) is 7.31. The molecule has 0 saturated heterocycles. The predicted molar refractivity (Wildman–Crippen MR) is 119 cm³/mol. The highest BCUT2D eigenvalue weighted by atomic mass is 35.5. The summed E-state index contributed by atoms with van der Waals surface area (Å²) in [5.41, 5.74) is 5.45. The van der Waals surface area contributed by atoms with Crippen LogP contribution in [0, 0.1) is 13.8 Å². The number of halogens is 1. The molecule has 0 fully saturated rings. The Bertz CT molecular complexity index is 1130. The van der Waals surface area contributed by atoms with Crippen molar-refractivity contribution < 1.29 is 9.21 Å². The minimum Gasteiger partial charge on any atom is -0.423 e. The van der Waals surface area contributed by atoms with Crippen LogP contribution in [0.25, 0.3) is 11.0 Å². The lowest BCUT2D eigenvalue weighted by atomic mass is 10.0. The van der Waals surface area contributed by atoms with Crippen LogP contribution in [0.2, 0.25) is 5.02 Å². The largest absolute Gasteiger partial charge is 0.423 e. The van der Waals surface area contributed by atoms with Gasteiger partial charge in [-0.1, -0.05) is 43.6 Å². The fourth-order valence-electron chi connectivity index (χ4n) is 3.70. The van der Waals surface area contributed by atoms with E-state index >= 15 is 0 Å². The van der Waals surface area contributed by atoms with Gasteiger partial charge in [0.15, 0.2) is 0 Å². The predicted octanol–water partition coefficient (Wildman–Crippen LogP) is 5.76. The first kappa shape index (κ1) is 21.1. The molecule has 1 aromatic heterocycles. The van der Waals surface area contributed by atoms with Crippen molar-refractivity contribution in [2.24, 2.45) is 0 Å². The molecule has 0 spiro atoms. The topological polar surface area (TPSA) is 59.3 Å². The van der Waals surface area contributed by atoms with Gasteiger partial charge < -0.3 is 9.73 Å². The number of anilines is 1. The van der Waals surface area contributed by atoms with Gasteiger partial charge in [0.25, 0.3) is 0 Å². The maximum Gasteiger partial charge on any atom is 0.339 e. The van der Waals surface area contributed by atoms with Crippen LogP contribution in [0.15, 0.2) is 39.5 Å². The van der Waals surface area contributed by atoms with E-state index in [1.54, 1.807) is 0 Å². The number of rotatable bonds is 6. The zero-order valence-corrected chi connectivity index (χ0v) is 18.1. The average molecular weight is 412 g/mol. The Morgan fingerprint density at radius 3 is 2.52 bits per heavy atom. The molecule has 4 nitrogen and oxygen atoms in total. The molecule has 2 aromatic carbocycles. The second-order valence-corrected chi connectivity index (χ2v) is 7.72. The number of nitrogens with one attached hydrogen (secondary N) is 1. The number of hydrogen-bond donors (Lipinski definition) is 1. The van der Waals surface area contributed by atoms with Crippen LogP contribution in [0.3, 0.4) is 0 Å². The molecule has 0 aliphatic heterocycles. The molecule has 0 unspecified atom stereocenters. The average Bonchev–Trinajstić information content (AvgIpc) is 2.68. The smallest absolute Gasteiger partial charge is 0.339 e. The molecule has 1 heterocycles. The first-order valence-electron chi connectivity index (χ1n) is 9.98. The van der Waals surface area contributed by atoms with E-state index in [-0.39, 0.29) is 18.0 Å². The van der Waals surface area contributed by atoms with Crippen molar-refractivity contribution in [1.29, 1.82) is 0 Å². The molecule has 1 amide bonds. The Morgan fingerprint density at radius 1 is 1.07 bits per heavy atom. The van der Waals surface area contributed by atoms with Crippen LogP contribution in [-0.4, -0.2) is 5.91 Å². The number of carbonyl (C=O) groups excluding carboxylic acids is 1. The van der Waals surface area contributed by atoms with Crippen LogP contribution in [0.1, 0.15) is 48.1 Å². The molecule has 3 rings (SSSR count). The molecule has 0 bridgehead atoms. The highest BCUT2D eigenvalue weighted by Crippen LogP contribution is 2.30. The van der Waals surface area contributed by atoms with E-state index in [0.717, 1.165) is 46.2 Å². The highest BCUT2D eigenvalue weighted by molar-refractivity contribution is 6.32. The van der Waals surface area contributed by atoms with Gasteiger partial charge in [-0.15, -0.1) is 0 Å². The number of amides is 1. The van der Waals surface area contributed by atoms with Crippen LogP contribution in [0.4, 0.5) is 5.69 Å². The third-order valence-corrected chi connectivity index (χ3v) is 5.74. The maximum atomic E-state index is 12.7. The molecular weight excluding hydrogens is 386 g/mol. The van der Waals surface area contributed by atoms with Crippen molar-refractivity contribution in [2.45, 2.75) is 53.4 Å². The lowest BCUT2D eigenvalue weighted by Crippen LogP contribution is -2.18. The first-order valence-corrected chi connectivity index (χ1v) is 10.4. The molecule has 1 N–H and O–H groups in total. The van der Waals surface area contributed by atoms with E-state index in [1.807, 2.05) is 58.0 Å². The molecule has 0 aliphatic rings. The third kappa shape index (κ3) is 4.38. The molecule has 152 valence electrons. The monoisotopic (exact) mass is 411 g/mol. The summed E-state index contributed by atoms with van der Waals surface area (Å²) >= 11 is 6.32. The Hall–Kier alpha value is -2.59. The minimum absolute atomic E-state index is 0.139. The summed E-state index contributed by atoms with van der Waals surface area (Å²) in [7, 11) is 0. The third-order valence-electron chi connectivity index (χ3n) is 5.39. The Balaban J connectivity index is 1.83. The van der Waals surface area contributed by atoms with E-state index in [4.69, 9.17) is 16.0 Å². The van der Waals surface area contributed by atoms with E-state index in [1.165, 1.54) is 0 Å². The van der Waals surface area contributed by atoms with E-state index in [9.17, 15) is 9.59 Å². The van der Waals surface area contributed by atoms with Gasteiger partial charge in [0, 0.05) is 28.1 Å². The van der Waals surface area contributed by atoms with Crippen molar-refractivity contribution in [3.05, 3.63) is 73.6 Å². The molecule has 29 heavy (non-hydrogen) atoms. The van der Waals surface area contributed by atoms with Crippen molar-refractivity contribution in [3.8, 4) is 0 Å². The molecule has 5 heteroatoms. The van der Waals surface area contributed by atoms with Gasteiger partial charge >= 0.3 is 5.63 Å². The fourth-order valence-corrected chi connectivity index (χ4v) is 3.99. The van der Waals surface area contributed by atoms with Crippen molar-refractivity contribution in [3.63, 3.8) is 0 Å². The van der Waals surface area contributed by atoms with Gasteiger partial charge in [-0.05, 0) is 67.5 Å². The lowest BCUT2D eigenvalue weighted by Gasteiger charge is -2.16. The SMILES string of the molecule is CCc1ccc(Cl)c(CC)c1NC(=O)CCc1c(C)c2ccc(C)cc2oc1=O. The lowest BCUT2D eigenvalue weighted by molar-refractivity contribution is -0.116. The summed E-state index contributed by atoms with van der Waals surface area (Å²) < 4.78 is 5.49. The Labute approximate surface area is 175 Å². The molecule has 0 radical (unpaired) electrons. The van der Waals surface area contributed by atoms with Crippen LogP contribution < -0.4 is 10.9 Å². The standard InChI is InChI=1S/C24H26ClNO3/c1-5-16-8-11-20(25)17(6-2)23(16)26-22(27)12-10-19-15(4)18-9-7-14(3)13-21(18)29-24(19)28/h7-9,11,13H,5-6,10,12H2,1-4H3,(H,26,27). The van der Waals surface area contributed by atoms with Gasteiger partial charge in [0.1, 0.15) is 5.58 Å². The molecular formula is C24H26ClNO3. The summed E-state index contributed by atoms with van der Waals surface area (Å²) in [4.78, 5) is 25.1. The van der Waals surface area contributed by atoms with E-state index < -0.39 is 0 Å². The number of fused-ring (bicyclic) bond motifs is 1. The Kier molecular flexibility index (Phi) is 6.43. The Morgan fingerprint density at radius 2 is 1.83 bits per heavy atom. The van der Waals surface area contributed by atoms with E-state index in [2.05, 4.69) is 5.32 Å². The van der Waals surface area contributed by atoms with Crippen LogP contribution >= 0.6 is 11.6 Å². The van der Waals surface area contributed by atoms with Crippen molar-refractivity contribution in [1.82, 2.24) is 0 Å².